The monoisotopic (exact) mass is 298 g/mol. The summed E-state index contributed by atoms with van der Waals surface area (Å²) in [5.41, 5.74) is 9.45. The van der Waals surface area contributed by atoms with E-state index in [4.69, 9.17) is 10.3 Å². The molecule has 0 atom stereocenters. The molecule has 4 rings (SSSR count). The number of pyridine rings is 1. The van der Waals surface area contributed by atoms with Gasteiger partial charge in [-0.25, -0.2) is 0 Å². The first kappa shape index (κ1) is 12.5. The van der Waals surface area contributed by atoms with Gasteiger partial charge in [-0.05, 0) is 36.5 Å². The third kappa shape index (κ3) is 2.21. The lowest BCUT2D eigenvalue weighted by atomic mass is 10.1. The van der Waals surface area contributed by atoms with E-state index in [0.717, 1.165) is 29.0 Å². The standard InChI is InChI=1S/C15H14N4OS/c16-14-13(10-4-1-5-11(10)21-14)15-18-12(19-20-15)7-9-3-2-6-17-8-9/h2-3,6,8H,1,4-5,7,16H2. The second-order valence-electron chi connectivity index (χ2n) is 5.15. The molecule has 0 radical (unpaired) electrons. The van der Waals surface area contributed by atoms with Gasteiger partial charge in [0, 0.05) is 23.7 Å². The highest BCUT2D eigenvalue weighted by Gasteiger charge is 2.25. The van der Waals surface area contributed by atoms with Crippen molar-refractivity contribution in [3.8, 4) is 11.5 Å². The highest BCUT2D eigenvalue weighted by molar-refractivity contribution is 7.16. The maximum atomic E-state index is 6.13. The van der Waals surface area contributed by atoms with Crippen molar-refractivity contribution in [3.05, 3.63) is 46.4 Å². The molecule has 21 heavy (non-hydrogen) atoms. The number of hydrogen-bond donors (Lipinski definition) is 1. The topological polar surface area (TPSA) is 77.8 Å². The van der Waals surface area contributed by atoms with E-state index in [2.05, 4.69) is 15.1 Å². The van der Waals surface area contributed by atoms with E-state index in [1.807, 2.05) is 18.3 Å². The first-order chi connectivity index (χ1) is 10.3. The fourth-order valence-corrected chi connectivity index (χ4v) is 3.92. The number of fused-ring (bicyclic) bond motifs is 1. The van der Waals surface area contributed by atoms with Gasteiger partial charge in [-0.3, -0.25) is 4.98 Å². The van der Waals surface area contributed by atoms with Crippen LogP contribution in [-0.2, 0) is 19.3 Å². The van der Waals surface area contributed by atoms with E-state index in [0.29, 0.717) is 18.1 Å². The molecule has 5 nitrogen and oxygen atoms in total. The molecule has 0 saturated carbocycles. The lowest BCUT2D eigenvalue weighted by Crippen LogP contribution is -1.92. The number of thiophene rings is 1. The third-order valence-corrected chi connectivity index (χ3v) is 4.84. The summed E-state index contributed by atoms with van der Waals surface area (Å²) < 4.78 is 5.43. The third-order valence-electron chi connectivity index (χ3n) is 3.72. The Balaban J connectivity index is 1.66. The molecule has 0 amide bonds. The lowest BCUT2D eigenvalue weighted by Gasteiger charge is -1.96. The predicted octanol–water partition coefficient (Wildman–Crippen LogP) is 2.85. The van der Waals surface area contributed by atoms with Gasteiger partial charge in [0.1, 0.15) is 0 Å². The summed E-state index contributed by atoms with van der Waals surface area (Å²) in [7, 11) is 0. The van der Waals surface area contributed by atoms with Crippen molar-refractivity contribution < 1.29 is 4.52 Å². The number of nitrogens with two attached hydrogens (primary N) is 1. The summed E-state index contributed by atoms with van der Waals surface area (Å²) in [5.74, 6) is 1.21. The summed E-state index contributed by atoms with van der Waals surface area (Å²) >= 11 is 1.65. The van der Waals surface area contributed by atoms with Gasteiger partial charge in [0.25, 0.3) is 5.89 Å². The number of aromatic nitrogens is 3. The number of rotatable bonds is 3. The average molecular weight is 298 g/mol. The smallest absolute Gasteiger partial charge is 0.261 e. The van der Waals surface area contributed by atoms with Gasteiger partial charge in [-0.1, -0.05) is 11.2 Å². The van der Waals surface area contributed by atoms with Crippen molar-refractivity contribution in [3.63, 3.8) is 0 Å². The molecule has 3 aromatic heterocycles. The van der Waals surface area contributed by atoms with E-state index >= 15 is 0 Å². The van der Waals surface area contributed by atoms with Crippen LogP contribution in [0.25, 0.3) is 11.5 Å². The molecule has 1 aliphatic rings. The molecule has 2 N–H and O–H groups in total. The average Bonchev–Trinajstić information content (AvgIpc) is 3.16. The van der Waals surface area contributed by atoms with E-state index in [9.17, 15) is 0 Å². The molecule has 0 unspecified atom stereocenters. The van der Waals surface area contributed by atoms with Crippen LogP contribution in [0.15, 0.2) is 29.0 Å². The minimum absolute atomic E-state index is 0.547. The van der Waals surface area contributed by atoms with Gasteiger partial charge < -0.3 is 10.3 Å². The molecule has 0 aliphatic heterocycles. The summed E-state index contributed by atoms with van der Waals surface area (Å²) in [6.45, 7) is 0. The van der Waals surface area contributed by atoms with Crippen LogP contribution in [0.4, 0.5) is 5.00 Å². The van der Waals surface area contributed by atoms with E-state index in [1.165, 1.54) is 16.9 Å². The molecule has 106 valence electrons. The summed E-state index contributed by atoms with van der Waals surface area (Å²) in [6, 6.07) is 3.90. The molecular weight excluding hydrogens is 284 g/mol. The van der Waals surface area contributed by atoms with Gasteiger partial charge in [0.2, 0.25) is 0 Å². The first-order valence-corrected chi connectivity index (χ1v) is 7.75. The van der Waals surface area contributed by atoms with Crippen molar-refractivity contribution in [1.82, 2.24) is 15.1 Å². The summed E-state index contributed by atoms with van der Waals surface area (Å²) in [4.78, 5) is 9.97. The number of nitrogen functional groups attached to an aromatic ring is 1. The van der Waals surface area contributed by atoms with E-state index < -0.39 is 0 Å². The van der Waals surface area contributed by atoms with Crippen molar-refractivity contribution in [2.75, 3.05) is 5.73 Å². The largest absolute Gasteiger partial charge is 0.390 e. The van der Waals surface area contributed by atoms with Crippen LogP contribution in [0, 0.1) is 0 Å². The van der Waals surface area contributed by atoms with E-state index in [-0.39, 0.29) is 0 Å². The van der Waals surface area contributed by atoms with Crippen LogP contribution < -0.4 is 5.73 Å². The number of anilines is 1. The number of nitrogens with zero attached hydrogens (tertiary/aromatic N) is 3. The van der Waals surface area contributed by atoms with Crippen molar-refractivity contribution in [1.29, 1.82) is 0 Å². The van der Waals surface area contributed by atoms with Gasteiger partial charge in [-0.15, -0.1) is 11.3 Å². The fourth-order valence-electron chi connectivity index (χ4n) is 2.77. The Kier molecular flexibility index (Phi) is 2.96. The fraction of sp³-hybridized carbons (Fsp3) is 0.267. The summed E-state index contributed by atoms with van der Waals surface area (Å²) in [6.07, 6.45) is 7.53. The zero-order valence-corrected chi connectivity index (χ0v) is 12.2. The van der Waals surface area contributed by atoms with E-state index in [1.54, 1.807) is 17.5 Å². The lowest BCUT2D eigenvalue weighted by molar-refractivity contribution is 0.424. The zero-order chi connectivity index (χ0) is 14.2. The highest BCUT2D eigenvalue weighted by Crippen LogP contribution is 2.42. The molecule has 3 aromatic rings. The van der Waals surface area contributed by atoms with Crippen LogP contribution in [0.3, 0.4) is 0 Å². The number of hydrogen-bond acceptors (Lipinski definition) is 6. The van der Waals surface area contributed by atoms with Gasteiger partial charge in [0.15, 0.2) is 5.82 Å². The Bertz CT molecular complexity index is 778. The Labute approximate surface area is 125 Å². The van der Waals surface area contributed by atoms with Crippen LogP contribution >= 0.6 is 11.3 Å². The first-order valence-electron chi connectivity index (χ1n) is 6.93. The van der Waals surface area contributed by atoms with Crippen LogP contribution in [0.5, 0.6) is 0 Å². The molecule has 0 saturated heterocycles. The van der Waals surface area contributed by atoms with Crippen LogP contribution in [0.1, 0.15) is 28.2 Å². The Hall–Kier alpha value is -2.21. The van der Waals surface area contributed by atoms with Gasteiger partial charge in [0.05, 0.1) is 10.6 Å². The zero-order valence-electron chi connectivity index (χ0n) is 11.4. The number of aryl methyl sites for hydroxylation is 1. The summed E-state index contributed by atoms with van der Waals surface area (Å²) in [5, 5.41) is 4.86. The molecule has 6 heteroatoms. The second-order valence-corrected chi connectivity index (χ2v) is 6.29. The minimum Gasteiger partial charge on any atom is -0.390 e. The Morgan fingerprint density at radius 1 is 1.33 bits per heavy atom. The van der Waals surface area contributed by atoms with Gasteiger partial charge in [-0.2, -0.15) is 4.98 Å². The molecule has 0 spiro atoms. The molecule has 0 aromatic carbocycles. The molecule has 1 aliphatic carbocycles. The van der Waals surface area contributed by atoms with Crippen LogP contribution in [-0.4, -0.2) is 15.1 Å². The molecule has 0 fully saturated rings. The van der Waals surface area contributed by atoms with Crippen molar-refractivity contribution in [2.45, 2.75) is 25.7 Å². The Morgan fingerprint density at radius 3 is 3.14 bits per heavy atom. The normalized spacial score (nSPS) is 13.5. The predicted molar refractivity (Wildman–Crippen MR) is 81.1 cm³/mol. The SMILES string of the molecule is Nc1sc2c(c1-c1nc(Cc3cccnc3)no1)CCC2. The van der Waals surface area contributed by atoms with Crippen molar-refractivity contribution in [2.24, 2.45) is 0 Å². The molecule has 0 bridgehead atoms. The van der Waals surface area contributed by atoms with Crippen molar-refractivity contribution >= 4 is 16.3 Å². The molecular formula is C15H14N4OS. The quantitative estimate of drug-likeness (QED) is 0.804. The highest BCUT2D eigenvalue weighted by atomic mass is 32.1. The van der Waals surface area contributed by atoms with Crippen LogP contribution in [0.2, 0.25) is 0 Å². The second kappa shape index (κ2) is 4.96. The minimum atomic E-state index is 0.547. The molecule has 3 heterocycles. The van der Waals surface area contributed by atoms with Gasteiger partial charge >= 0.3 is 0 Å². The maximum Gasteiger partial charge on any atom is 0.261 e. The Morgan fingerprint density at radius 2 is 2.29 bits per heavy atom. The maximum absolute atomic E-state index is 6.13.